The molecule has 0 aromatic rings. The van der Waals surface area contributed by atoms with Crippen molar-refractivity contribution in [2.24, 2.45) is 5.92 Å². The molecule has 0 spiro atoms. The van der Waals surface area contributed by atoms with E-state index < -0.39 is 0 Å². The van der Waals surface area contributed by atoms with Gasteiger partial charge in [0.1, 0.15) is 0 Å². The van der Waals surface area contributed by atoms with E-state index in [1.165, 1.54) is 0 Å². The van der Waals surface area contributed by atoms with Crippen LogP contribution in [0.1, 0.15) is 19.3 Å². The second kappa shape index (κ2) is 9.46. The van der Waals surface area contributed by atoms with E-state index in [4.69, 9.17) is 0 Å². The highest BCUT2D eigenvalue weighted by Gasteiger charge is 2.14. The molecule has 0 fully saturated rings. The lowest BCUT2D eigenvalue weighted by Gasteiger charge is -2.13. The first-order valence-corrected chi connectivity index (χ1v) is 5.40. The quantitative estimate of drug-likeness (QED) is 0.447. The average Bonchev–Trinajstić information content (AvgIpc) is 2.24. The first-order chi connectivity index (χ1) is 7.26. The smallest absolute Gasteiger partial charge is 0.223 e. The SMILES string of the molecule is C=CCC(CC=C)C(=O)NCCCNC. The molecular weight excluding hydrogens is 188 g/mol. The molecule has 86 valence electrons. The third kappa shape index (κ3) is 6.91. The number of allylic oxidation sites excluding steroid dienone is 2. The van der Waals surface area contributed by atoms with Crippen molar-refractivity contribution in [1.29, 1.82) is 0 Å². The standard InChI is InChI=1S/C12H22N2O/c1-4-7-11(8-5-2)12(15)14-10-6-9-13-3/h4-5,11,13H,1-2,6-10H2,3H3,(H,14,15). The summed E-state index contributed by atoms with van der Waals surface area (Å²) in [7, 11) is 1.90. The van der Waals surface area contributed by atoms with E-state index in [2.05, 4.69) is 23.8 Å². The van der Waals surface area contributed by atoms with Crippen molar-refractivity contribution in [2.75, 3.05) is 20.1 Å². The molecule has 0 radical (unpaired) electrons. The number of hydrogen-bond donors (Lipinski definition) is 2. The van der Waals surface area contributed by atoms with E-state index in [9.17, 15) is 4.79 Å². The number of nitrogens with one attached hydrogen (secondary N) is 2. The minimum absolute atomic E-state index is 0.00501. The maximum absolute atomic E-state index is 11.7. The van der Waals surface area contributed by atoms with Crippen LogP contribution in [0.25, 0.3) is 0 Å². The number of carbonyl (C=O) groups excluding carboxylic acids is 1. The molecule has 0 bridgehead atoms. The van der Waals surface area contributed by atoms with Crippen LogP contribution in [0.5, 0.6) is 0 Å². The molecule has 0 aliphatic rings. The number of carbonyl (C=O) groups is 1. The first kappa shape index (κ1) is 13.9. The van der Waals surface area contributed by atoms with Crippen molar-refractivity contribution in [1.82, 2.24) is 10.6 Å². The molecule has 15 heavy (non-hydrogen) atoms. The van der Waals surface area contributed by atoms with Crippen LogP contribution in [0.3, 0.4) is 0 Å². The molecule has 0 aromatic carbocycles. The molecule has 0 saturated carbocycles. The first-order valence-electron chi connectivity index (χ1n) is 5.40. The van der Waals surface area contributed by atoms with Crippen LogP contribution >= 0.6 is 0 Å². The zero-order chi connectivity index (χ0) is 11.5. The second-order valence-electron chi connectivity index (χ2n) is 3.49. The summed E-state index contributed by atoms with van der Waals surface area (Å²) in [6.07, 6.45) is 5.94. The maximum atomic E-state index is 11.7. The van der Waals surface area contributed by atoms with Gasteiger partial charge in [-0.25, -0.2) is 0 Å². The van der Waals surface area contributed by atoms with Crippen LogP contribution in [-0.4, -0.2) is 26.0 Å². The van der Waals surface area contributed by atoms with Crippen LogP contribution < -0.4 is 10.6 Å². The fraction of sp³-hybridized carbons (Fsp3) is 0.583. The van der Waals surface area contributed by atoms with Crippen LogP contribution in [0.4, 0.5) is 0 Å². The summed E-state index contributed by atoms with van der Waals surface area (Å²) in [5.41, 5.74) is 0. The van der Waals surface area contributed by atoms with E-state index in [0.717, 1.165) is 19.5 Å². The van der Waals surface area contributed by atoms with Crippen molar-refractivity contribution >= 4 is 5.91 Å². The highest BCUT2D eigenvalue weighted by molar-refractivity contribution is 5.78. The van der Waals surface area contributed by atoms with E-state index >= 15 is 0 Å². The molecule has 1 amide bonds. The van der Waals surface area contributed by atoms with Crippen LogP contribution in [0.15, 0.2) is 25.3 Å². The fourth-order valence-corrected chi connectivity index (χ4v) is 1.33. The second-order valence-corrected chi connectivity index (χ2v) is 3.49. The van der Waals surface area contributed by atoms with Gasteiger partial charge in [-0.1, -0.05) is 12.2 Å². The monoisotopic (exact) mass is 210 g/mol. The average molecular weight is 210 g/mol. The third-order valence-electron chi connectivity index (χ3n) is 2.18. The molecule has 0 unspecified atom stereocenters. The van der Waals surface area contributed by atoms with Crippen molar-refractivity contribution in [3.8, 4) is 0 Å². The molecule has 0 rings (SSSR count). The normalized spacial score (nSPS) is 10.0. The Morgan fingerprint density at radius 2 is 1.87 bits per heavy atom. The van der Waals surface area contributed by atoms with Crippen LogP contribution in [0, 0.1) is 5.92 Å². The Hall–Kier alpha value is -1.09. The van der Waals surface area contributed by atoms with Gasteiger partial charge in [0, 0.05) is 12.5 Å². The lowest BCUT2D eigenvalue weighted by Crippen LogP contribution is -2.32. The molecule has 0 aromatic heterocycles. The molecule has 0 aliphatic heterocycles. The zero-order valence-corrected chi connectivity index (χ0v) is 9.59. The minimum atomic E-state index is -0.00501. The summed E-state index contributed by atoms with van der Waals surface area (Å²) in [6, 6.07) is 0. The largest absolute Gasteiger partial charge is 0.356 e. The van der Waals surface area contributed by atoms with Gasteiger partial charge in [0.2, 0.25) is 5.91 Å². The van der Waals surface area contributed by atoms with Gasteiger partial charge in [0.25, 0.3) is 0 Å². The van der Waals surface area contributed by atoms with Gasteiger partial charge in [0.05, 0.1) is 0 Å². The Bertz CT molecular complexity index is 192. The summed E-state index contributed by atoms with van der Waals surface area (Å²) in [5.74, 6) is 0.0977. The van der Waals surface area contributed by atoms with Gasteiger partial charge < -0.3 is 10.6 Å². The van der Waals surface area contributed by atoms with Gasteiger partial charge in [-0.3, -0.25) is 4.79 Å². The van der Waals surface area contributed by atoms with Gasteiger partial charge in [-0.2, -0.15) is 0 Å². The van der Waals surface area contributed by atoms with E-state index in [1.54, 1.807) is 12.2 Å². The van der Waals surface area contributed by atoms with Crippen molar-refractivity contribution in [3.05, 3.63) is 25.3 Å². The molecule has 3 nitrogen and oxygen atoms in total. The molecule has 0 heterocycles. The molecular formula is C12H22N2O. The van der Waals surface area contributed by atoms with Crippen LogP contribution in [-0.2, 0) is 4.79 Å². The fourth-order valence-electron chi connectivity index (χ4n) is 1.33. The van der Waals surface area contributed by atoms with Crippen molar-refractivity contribution < 1.29 is 4.79 Å². The topological polar surface area (TPSA) is 41.1 Å². The molecule has 3 heteroatoms. The van der Waals surface area contributed by atoms with Gasteiger partial charge >= 0.3 is 0 Å². The van der Waals surface area contributed by atoms with E-state index in [1.807, 2.05) is 7.05 Å². The van der Waals surface area contributed by atoms with Crippen molar-refractivity contribution in [3.63, 3.8) is 0 Å². The summed E-state index contributed by atoms with van der Waals surface area (Å²) < 4.78 is 0. The summed E-state index contributed by atoms with van der Waals surface area (Å²) in [5, 5.41) is 5.95. The van der Waals surface area contributed by atoms with Gasteiger partial charge in [-0.15, -0.1) is 13.2 Å². The number of amides is 1. The Labute approximate surface area is 92.6 Å². The van der Waals surface area contributed by atoms with E-state index in [-0.39, 0.29) is 11.8 Å². The Balaban J connectivity index is 3.80. The predicted molar refractivity (Wildman–Crippen MR) is 64.7 cm³/mol. The van der Waals surface area contributed by atoms with Gasteiger partial charge in [-0.05, 0) is 32.9 Å². The third-order valence-corrected chi connectivity index (χ3v) is 2.18. The summed E-state index contributed by atoms with van der Waals surface area (Å²) in [4.78, 5) is 11.7. The van der Waals surface area contributed by atoms with Gasteiger partial charge in [0.15, 0.2) is 0 Å². The molecule has 2 N–H and O–H groups in total. The number of rotatable bonds is 9. The van der Waals surface area contributed by atoms with E-state index in [0.29, 0.717) is 12.8 Å². The molecule has 0 atom stereocenters. The van der Waals surface area contributed by atoms with Crippen LogP contribution in [0.2, 0.25) is 0 Å². The summed E-state index contributed by atoms with van der Waals surface area (Å²) in [6.45, 7) is 8.95. The summed E-state index contributed by atoms with van der Waals surface area (Å²) >= 11 is 0. The lowest BCUT2D eigenvalue weighted by atomic mass is 10.0. The molecule has 0 saturated heterocycles. The minimum Gasteiger partial charge on any atom is -0.356 e. The Kier molecular flexibility index (Phi) is 8.78. The highest BCUT2D eigenvalue weighted by Crippen LogP contribution is 2.09. The Morgan fingerprint density at radius 1 is 1.27 bits per heavy atom. The predicted octanol–water partition coefficient (Wildman–Crippen LogP) is 1.48. The van der Waals surface area contributed by atoms with Crippen molar-refractivity contribution in [2.45, 2.75) is 19.3 Å². The zero-order valence-electron chi connectivity index (χ0n) is 9.59. The maximum Gasteiger partial charge on any atom is 0.223 e. The Morgan fingerprint density at radius 3 is 2.33 bits per heavy atom. The highest BCUT2D eigenvalue weighted by atomic mass is 16.1. The number of hydrogen-bond acceptors (Lipinski definition) is 2. The lowest BCUT2D eigenvalue weighted by molar-refractivity contribution is -0.124. The molecule has 0 aliphatic carbocycles.